The average Bonchev–Trinajstić information content (AvgIpc) is 2.71. The molecule has 1 heterocycles. The van der Waals surface area contributed by atoms with E-state index in [4.69, 9.17) is 0 Å². The lowest BCUT2D eigenvalue weighted by atomic mass is 9.76. The fourth-order valence-electron chi connectivity index (χ4n) is 2.98. The topological polar surface area (TPSA) is 22.0 Å². The van der Waals surface area contributed by atoms with Crippen LogP contribution in [0.15, 0.2) is 41.0 Å². The molecule has 0 N–H and O–H groups in total. The van der Waals surface area contributed by atoms with Gasteiger partial charge in [-0.2, -0.15) is 0 Å². The largest absolute Gasteiger partial charge is 0.346 e. The van der Waals surface area contributed by atoms with Crippen molar-refractivity contribution in [2.45, 2.75) is 33.2 Å². The molecule has 2 aromatic rings. The molecule has 20 heavy (non-hydrogen) atoms. The molecule has 3 heteroatoms. The fraction of sp³-hybridized carbons (Fsp3) is 0.353. The van der Waals surface area contributed by atoms with Crippen LogP contribution in [0.1, 0.15) is 41.9 Å². The van der Waals surface area contributed by atoms with Crippen molar-refractivity contribution in [1.29, 1.82) is 0 Å². The van der Waals surface area contributed by atoms with Gasteiger partial charge in [-0.3, -0.25) is 4.79 Å². The predicted octanol–water partition coefficient (Wildman–Crippen LogP) is 4.45. The van der Waals surface area contributed by atoms with Crippen LogP contribution in [0.4, 0.5) is 0 Å². The van der Waals surface area contributed by atoms with E-state index in [2.05, 4.69) is 46.5 Å². The molecule has 104 valence electrons. The molecule has 0 bridgehead atoms. The summed E-state index contributed by atoms with van der Waals surface area (Å²) >= 11 is 3.51. The zero-order valence-corrected chi connectivity index (χ0v) is 13.4. The summed E-state index contributed by atoms with van der Waals surface area (Å²) in [4.78, 5) is 12.2. The highest BCUT2D eigenvalue weighted by Gasteiger charge is 2.32. The van der Waals surface area contributed by atoms with E-state index in [1.807, 2.05) is 24.4 Å². The molecular formula is C17H18BrNO. The van der Waals surface area contributed by atoms with Crippen LogP contribution in [0.5, 0.6) is 0 Å². The Morgan fingerprint density at radius 2 is 2.05 bits per heavy atom. The first-order chi connectivity index (χ1) is 9.44. The van der Waals surface area contributed by atoms with Gasteiger partial charge in [0.05, 0.1) is 0 Å². The molecule has 0 amide bonds. The SMILES string of the molecule is CC1(C)CC(=O)c2ccn(Cc3cccc(Br)c3)c2C1. The number of fused-ring (bicyclic) bond motifs is 1. The summed E-state index contributed by atoms with van der Waals surface area (Å²) in [5, 5.41) is 0. The number of carbonyl (C=O) groups is 1. The Labute approximate surface area is 127 Å². The summed E-state index contributed by atoms with van der Waals surface area (Å²) in [6.07, 6.45) is 3.67. The molecule has 0 saturated carbocycles. The third-order valence-corrected chi connectivity index (χ3v) is 4.40. The molecule has 1 aliphatic carbocycles. The second-order valence-electron chi connectivity index (χ2n) is 6.37. The number of benzene rings is 1. The van der Waals surface area contributed by atoms with Crippen LogP contribution in [-0.4, -0.2) is 10.4 Å². The van der Waals surface area contributed by atoms with Crippen molar-refractivity contribution in [1.82, 2.24) is 4.57 Å². The van der Waals surface area contributed by atoms with E-state index in [0.29, 0.717) is 6.42 Å². The van der Waals surface area contributed by atoms with Gasteiger partial charge in [-0.25, -0.2) is 0 Å². The third-order valence-electron chi connectivity index (χ3n) is 3.91. The first-order valence-electron chi connectivity index (χ1n) is 6.90. The summed E-state index contributed by atoms with van der Waals surface area (Å²) in [6, 6.07) is 10.3. The summed E-state index contributed by atoms with van der Waals surface area (Å²) in [7, 11) is 0. The maximum atomic E-state index is 12.2. The predicted molar refractivity (Wildman–Crippen MR) is 84.1 cm³/mol. The van der Waals surface area contributed by atoms with E-state index < -0.39 is 0 Å². The van der Waals surface area contributed by atoms with Gasteiger partial charge in [0, 0.05) is 34.9 Å². The zero-order valence-electron chi connectivity index (χ0n) is 11.8. The van der Waals surface area contributed by atoms with Gasteiger partial charge < -0.3 is 4.57 Å². The summed E-state index contributed by atoms with van der Waals surface area (Å²) in [6.45, 7) is 5.16. The number of carbonyl (C=O) groups excluding carboxylic acids is 1. The Hall–Kier alpha value is -1.35. The standard InChI is InChI=1S/C17H18BrNO/c1-17(2)9-15-14(16(20)10-17)6-7-19(15)11-12-4-3-5-13(18)8-12/h3-8H,9-11H2,1-2H3. The van der Waals surface area contributed by atoms with E-state index in [1.54, 1.807) is 0 Å². The van der Waals surface area contributed by atoms with Crippen LogP contribution < -0.4 is 0 Å². The van der Waals surface area contributed by atoms with Gasteiger partial charge in [0.1, 0.15) is 0 Å². The Morgan fingerprint density at radius 3 is 2.80 bits per heavy atom. The molecule has 1 aromatic heterocycles. The number of halogens is 1. The first kappa shape index (κ1) is 13.6. The lowest BCUT2D eigenvalue weighted by molar-refractivity contribution is 0.0910. The second kappa shape index (κ2) is 4.88. The summed E-state index contributed by atoms with van der Waals surface area (Å²) in [5.41, 5.74) is 3.41. The van der Waals surface area contributed by atoms with Crippen LogP contribution in [0.25, 0.3) is 0 Å². The average molecular weight is 332 g/mol. The van der Waals surface area contributed by atoms with Crippen molar-refractivity contribution in [3.05, 3.63) is 57.8 Å². The minimum Gasteiger partial charge on any atom is -0.346 e. The third kappa shape index (κ3) is 2.59. The molecule has 0 aliphatic heterocycles. The van der Waals surface area contributed by atoms with Gasteiger partial charge in [-0.1, -0.05) is 41.9 Å². The van der Waals surface area contributed by atoms with Crippen LogP contribution in [-0.2, 0) is 13.0 Å². The fourth-order valence-corrected chi connectivity index (χ4v) is 3.43. The van der Waals surface area contributed by atoms with Gasteiger partial charge in [0.2, 0.25) is 0 Å². The summed E-state index contributed by atoms with van der Waals surface area (Å²) in [5.74, 6) is 0.282. The number of Topliss-reactive ketones (excluding diaryl/α,β-unsaturated/α-hetero) is 1. The lowest BCUT2D eigenvalue weighted by Crippen LogP contribution is -2.28. The second-order valence-corrected chi connectivity index (χ2v) is 7.29. The van der Waals surface area contributed by atoms with E-state index in [9.17, 15) is 4.79 Å². The van der Waals surface area contributed by atoms with Crippen molar-refractivity contribution in [3.63, 3.8) is 0 Å². The normalized spacial score (nSPS) is 17.1. The molecule has 1 aliphatic rings. The first-order valence-corrected chi connectivity index (χ1v) is 7.70. The highest BCUT2D eigenvalue weighted by atomic mass is 79.9. The van der Waals surface area contributed by atoms with Crippen molar-refractivity contribution in [2.24, 2.45) is 5.41 Å². The number of hydrogen-bond acceptors (Lipinski definition) is 1. The number of nitrogens with zero attached hydrogens (tertiary/aromatic N) is 1. The van der Waals surface area contributed by atoms with E-state index in [-0.39, 0.29) is 11.2 Å². The molecule has 3 rings (SSSR count). The monoisotopic (exact) mass is 331 g/mol. The molecule has 0 spiro atoms. The van der Waals surface area contributed by atoms with Gasteiger partial charge in [-0.15, -0.1) is 0 Å². The maximum Gasteiger partial charge on any atom is 0.165 e. The minimum absolute atomic E-state index is 0.0669. The highest BCUT2D eigenvalue weighted by molar-refractivity contribution is 9.10. The van der Waals surface area contributed by atoms with Crippen LogP contribution >= 0.6 is 15.9 Å². The van der Waals surface area contributed by atoms with Crippen molar-refractivity contribution >= 4 is 21.7 Å². The number of ketones is 1. The molecule has 0 atom stereocenters. The molecule has 0 unspecified atom stereocenters. The highest BCUT2D eigenvalue weighted by Crippen LogP contribution is 2.35. The quantitative estimate of drug-likeness (QED) is 0.796. The van der Waals surface area contributed by atoms with Crippen LogP contribution in [0, 0.1) is 5.41 Å². The van der Waals surface area contributed by atoms with E-state index in [0.717, 1.165) is 23.0 Å². The Balaban J connectivity index is 1.95. The lowest BCUT2D eigenvalue weighted by Gasteiger charge is -2.29. The molecule has 0 saturated heterocycles. The molecule has 2 nitrogen and oxygen atoms in total. The number of rotatable bonds is 2. The Bertz CT molecular complexity index is 669. The van der Waals surface area contributed by atoms with E-state index >= 15 is 0 Å². The zero-order chi connectivity index (χ0) is 14.3. The van der Waals surface area contributed by atoms with Crippen LogP contribution in [0.2, 0.25) is 0 Å². The van der Waals surface area contributed by atoms with Gasteiger partial charge in [0.25, 0.3) is 0 Å². The molecule has 1 aromatic carbocycles. The molecular weight excluding hydrogens is 314 g/mol. The maximum absolute atomic E-state index is 12.2. The van der Waals surface area contributed by atoms with Gasteiger partial charge in [-0.05, 0) is 35.6 Å². The van der Waals surface area contributed by atoms with Crippen molar-refractivity contribution < 1.29 is 4.79 Å². The smallest absolute Gasteiger partial charge is 0.165 e. The van der Waals surface area contributed by atoms with E-state index in [1.165, 1.54) is 11.3 Å². The van der Waals surface area contributed by atoms with Crippen LogP contribution in [0.3, 0.4) is 0 Å². The summed E-state index contributed by atoms with van der Waals surface area (Å²) < 4.78 is 3.31. The number of aromatic nitrogens is 1. The van der Waals surface area contributed by atoms with Crippen molar-refractivity contribution in [2.75, 3.05) is 0 Å². The minimum atomic E-state index is 0.0669. The molecule has 0 fully saturated rings. The van der Waals surface area contributed by atoms with Gasteiger partial charge >= 0.3 is 0 Å². The van der Waals surface area contributed by atoms with Gasteiger partial charge in [0.15, 0.2) is 5.78 Å². The molecule has 0 radical (unpaired) electrons. The number of hydrogen-bond donors (Lipinski definition) is 0. The Kier molecular flexibility index (Phi) is 3.33. The van der Waals surface area contributed by atoms with Crippen molar-refractivity contribution in [3.8, 4) is 0 Å². The Morgan fingerprint density at radius 1 is 1.25 bits per heavy atom.